The molecule has 3 rings (SSSR count). The van der Waals surface area contributed by atoms with Gasteiger partial charge in [0.05, 0.1) is 0 Å². The molecular formula is C17H19Br. The maximum Gasteiger partial charge on any atom is 0.0189 e. The molecule has 94 valence electrons. The normalized spacial score (nSPS) is 17.6. The second kappa shape index (κ2) is 5.44. The van der Waals surface area contributed by atoms with E-state index in [1.54, 1.807) is 0 Å². The van der Waals surface area contributed by atoms with Crippen molar-refractivity contribution in [2.24, 2.45) is 5.92 Å². The molecule has 0 aromatic heterocycles. The Hall–Kier alpha value is -0.820. The molecule has 0 nitrogen and oxygen atoms in total. The molecule has 2 aromatic carbocycles. The first-order chi connectivity index (χ1) is 8.83. The number of rotatable bonds is 4. The van der Waals surface area contributed by atoms with Crippen molar-refractivity contribution in [3.05, 3.63) is 48.0 Å². The summed E-state index contributed by atoms with van der Waals surface area (Å²) in [6, 6.07) is 15.4. The molecule has 0 N–H and O–H groups in total. The van der Waals surface area contributed by atoms with Gasteiger partial charge in [0.1, 0.15) is 0 Å². The van der Waals surface area contributed by atoms with Crippen molar-refractivity contribution < 1.29 is 0 Å². The van der Waals surface area contributed by atoms with Gasteiger partial charge in [-0.2, -0.15) is 0 Å². The summed E-state index contributed by atoms with van der Waals surface area (Å²) in [5, 5.41) is 2.77. The lowest BCUT2D eigenvalue weighted by Gasteiger charge is -2.27. The fourth-order valence-electron chi connectivity index (χ4n) is 2.88. The molecule has 1 heteroatoms. The minimum Gasteiger partial charge on any atom is -0.0887 e. The van der Waals surface area contributed by atoms with Crippen molar-refractivity contribution in [3.63, 3.8) is 0 Å². The standard InChI is InChI=1S/C17H19Br/c18-16(11-13-5-3-6-13)12-15-9-4-8-14-7-1-2-10-17(14)15/h1-2,4,7-10,13,16H,3,5-6,11-12H2. The van der Waals surface area contributed by atoms with Crippen LogP contribution in [-0.4, -0.2) is 4.83 Å². The van der Waals surface area contributed by atoms with Gasteiger partial charge in [0.25, 0.3) is 0 Å². The van der Waals surface area contributed by atoms with Crippen LogP contribution in [0.5, 0.6) is 0 Å². The van der Waals surface area contributed by atoms with Crippen molar-refractivity contribution in [1.82, 2.24) is 0 Å². The van der Waals surface area contributed by atoms with Gasteiger partial charge in [0, 0.05) is 4.83 Å². The molecule has 1 aliphatic rings. The Bertz CT molecular complexity index is 523. The molecule has 0 aliphatic heterocycles. The molecule has 2 aromatic rings. The van der Waals surface area contributed by atoms with E-state index in [2.05, 4.69) is 58.4 Å². The number of halogens is 1. The van der Waals surface area contributed by atoms with E-state index in [-0.39, 0.29) is 0 Å². The maximum absolute atomic E-state index is 3.88. The van der Waals surface area contributed by atoms with Crippen LogP contribution in [0.4, 0.5) is 0 Å². The number of alkyl halides is 1. The summed E-state index contributed by atoms with van der Waals surface area (Å²) in [6.45, 7) is 0. The molecule has 1 aliphatic carbocycles. The molecule has 0 bridgehead atoms. The molecule has 0 amide bonds. The van der Waals surface area contributed by atoms with Gasteiger partial charge < -0.3 is 0 Å². The van der Waals surface area contributed by atoms with Gasteiger partial charge in [-0.15, -0.1) is 0 Å². The molecule has 0 heterocycles. The van der Waals surface area contributed by atoms with Crippen molar-refractivity contribution in [2.75, 3.05) is 0 Å². The average molecular weight is 303 g/mol. The summed E-state index contributed by atoms with van der Waals surface area (Å²) in [6.07, 6.45) is 6.81. The van der Waals surface area contributed by atoms with Crippen LogP contribution in [0.3, 0.4) is 0 Å². The highest BCUT2D eigenvalue weighted by molar-refractivity contribution is 9.09. The molecule has 1 unspecified atom stereocenters. The largest absolute Gasteiger partial charge is 0.0887 e. The molecule has 0 saturated heterocycles. The fourth-order valence-corrected chi connectivity index (χ4v) is 3.76. The third-order valence-corrected chi connectivity index (χ3v) is 4.83. The lowest BCUT2D eigenvalue weighted by molar-refractivity contribution is 0.294. The minimum absolute atomic E-state index is 0.633. The van der Waals surface area contributed by atoms with Crippen LogP contribution < -0.4 is 0 Å². The van der Waals surface area contributed by atoms with Crippen LogP contribution in [0, 0.1) is 5.92 Å². The van der Waals surface area contributed by atoms with Crippen molar-refractivity contribution in [1.29, 1.82) is 0 Å². The first-order valence-corrected chi connectivity index (χ1v) is 7.85. The molecule has 18 heavy (non-hydrogen) atoms. The Morgan fingerprint density at radius 2 is 1.83 bits per heavy atom. The zero-order chi connectivity index (χ0) is 12.4. The molecule has 1 saturated carbocycles. The van der Waals surface area contributed by atoms with E-state index in [0.29, 0.717) is 4.83 Å². The van der Waals surface area contributed by atoms with Crippen LogP contribution in [0.2, 0.25) is 0 Å². The maximum atomic E-state index is 3.88. The van der Waals surface area contributed by atoms with Gasteiger partial charge in [-0.05, 0) is 35.1 Å². The Labute approximate surface area is 118 Å². The van der Waals surface area contributed by atoms with Crippen LogP contribution in [0.1, 0.15) is 31.2 Å². The van der Waals surface area contributed by atoms with Crippen LogP contribution in [-0.2, 0) is 6.42 Å². The summed E-state index contributed by atoms with van der Waals surface area (Å²) in [5.41, 5.74) is 1.48. The average Bonchev–Trinajstić information content (AvgIpc) is 2.34. The van der Waals surface area contributed by atoms with E-state index in [0.717, 1.165) is 12.3 Å². The van der Waals surface area contributed by atoms with Gasteiger partial charge in [0.2, 0.25) is 0 Å². The van der Waals surface area contributed by atoms with Crippen molar-refractivity contribution in [2.45, 2.75) is 36.9 Å². The molecule has 1 fully saturated rings. The Morgan fingerprint density at radius 3 is 2.61 bits per heavy atom. The molecule has 0 radical (unpaired) electrons. The van der Waals surface area contributed by atoms with E-state index in [4.69, 9.17) is 0 Å². The summed E-state index contributed by atoms with van der Waals surface area (Å²) in [5.74, 6) is 0.976. The van der Waals surface area contributed by atoms with Crippen molar-refractivity contribution >= 4 is 26.7 Å². The summed E-state index contributed by atoms with van der Waals surface area (Å²) >= 11 is 3.88. The molecule has 0 spiro atoms. The van der Waals surface area contributed by atoms with Gasteiger partial charge in [0.15, 0.2) is 0 Å². The van der Waals surface area contributed by atoms with Crippen LogP contribution in [0.15, 0.2) is 42.5 Å². The lowest BCUT2D eigenvalue weighted by atomic mass is 9.81. The van der Waals surface area contributed by atoms with Crippen LogP contribution >= 0.6 is 15.9 Å². The van der Waals surface area contributed by atoms with Gasteiger partial charge in [-0.1, -0.05) is 77.7 Å². The fraction of sp³-hybridized carbons (Fsp3) is 0.412. The number of hydrogen-bond acceptors (Lipinski definition) is 0. The number of hydrogen-bond donors (Lipinski definition) is 0. The monoisotopic (exact) mass is 302 g/mol. The smallest absolute Gasteiger partial charge is 0.0189 e. The third kappa shape index (κ3) is 2.61. The van der Waals surface area contributed by atoms with E-state index in [1.165, 1.54) is 42.0 Å². The van der Waals surface area contributed by atoms with Crippen LogP contribution in [0.25, 0.3) is 10.8 Å². The number of fused-ring (bicyclic) bond motifs is 1. The third-order valence-electron chi connectivity index (χ3n) is 4.14. The lowest BCUT2D eigenvalue weighted by Crippen LogP contribution is -2.17. The zero-order valence-electron chi connectivity index (χ0n) is 10.6. The first-order valence-electron chi connectivity index (χ1n) is 6.93. The van der Waals surface area contributed by atoms with Gasteiger partial charge >= 0.3 is 0 Å². The van der Waals surface area contributed by atoms with Gasteiger partial charge in [-0.25, -0.2) is 0 Å². The van der Waals surface area contributed by atoms with E-state index < -0.39 is 0 Å². The Morgan fingerprint density at radius 1 is 1.06 bits per heavy atom. The van der Waals surface area contributed by atoms with E-state index >= 15 is 0 Å². The minimum atomic E-state index is 0.633. The molecular weight excluding hydrogens is 284 g/mol. The number of benzene rings is 2. The van der Waals surface area contributed by atoms with E-state index in [1.807, 2.05) is 0 Å². The Balaban J connectivity index is 1.76. The van der Waals surface area contributed by atoms with Gasteiger partial charge in [-0.3, -0.25) is 0 Å². The summed E-state index contributed by atoms with van der Waals surface area (Å²) in [7, 11) is 0. The second-order valence-electron chi connectivity index (χ2n) is 5.47. The predicted octanol–water partition coefficient (Wildman–Crippen LogP) is 5.34. The topological polar surface area (TPSA) is 0 Å². The highest BCUT2D eigenvalue weighted by Crippen LogP contribution is 2.33. The second-order valence-corrected chi connectivity index (χ2v) is 6.77. The van der Waals surface area contributed by atoms with Crippen molar-refractivity contribution in [3.8, 4) is 0 Å². The molecule has 1 atom stereocenters. The zero-order valence-corrected chi connectivity index (χ0v) is 12.2. The summed E-state index contributed by atoms with van der Waals surface area (Å²) < 4.78 is 0. The predicted molar refractivity (Wildman–Crippen MR) is 82.3 cm³/mol. The Kier molecular flexibility index (Phi) is 3.69. The highest BCUT2D eigenvalue weighted by Gasteiger charge is 2.21. The first kappa shape index (κ1) is 12.2. The van der Waals surface area contributed by atoms with E-state index in [9.17, 15) is 0 Å². The highest BCUT2D eigenvalue weighted by atomic mass is 79.9. The quantitative estimate of drug-likeness (QED) is 0.669. The summed E-state index contributed by atoms with van der Waals surface area (Å²) in [4.78, 5) is 0.633. The SMILES string of the molecule is BrC(Cc1cccc2ccccc12)CC1CCC1.